The smallest absolute Gasteiger partial charge is 0.407 e. The normalized spacial score (nSPS) is 15.8. The highest BCUT2D eigenvalue weighted by Crippen LogP contribution is 2.32. The first-order valence-corrected chi connectivity index (χ1v) is 8.21. The van der Waals surface area contributed by atoms with Crippen LogP contribution in [0.15, 0.2) is 24.3 Å². The molecule has 1 aliphatic rings. The Bertz CT molecular complexity index is 521. The topological polar surface area (TPSA) is 59.6 Å². The zero-order chi connectivity index (χ0) is 16.9. The Morgan fingerprint density at radius 1 is 1.30 bits per heavy atom. The number of nitrogens with one attached hydrogen (secondary N) is 2. The second-order valence-corrected chi connectivity index (χ2v) is 7.03. The van der Waals surface area contributed by atoms with E-state index in [0.29, 0.717) is 12.5 Å². The van der Waals surface area contributed by atoms with E-state index in [1.807, 2.05) is 45.0 Å². The number of rotatable bonds is 7. The van der Waals surface area contributed by atoms with Crippen molar-refractivity contribution < 1.29 is 14.3 Å². The molecule has 0 saturated heterocycles. The molecule has 0 aromatic heterocycles. The zero-order valence-electron chi connectivity index (χ0n) is 14.5. The molecule has 1 aliphatic carbocycles. The van der Waals surface area contributed by atoms with Crippen molar-refractivity contribution in [3.63, 3.8) is 0 Å². The lowest BCUT2D eigenvalue weighted by Crippen LogP contribution is -2.45. The molecule has 1 amide bonds. The number of alkyl carbamates (subject to hydrolysis) is 1. The maximum absolute atomic E-state index is 12.0. The molecular weight excluding hydrogens is 292 g/mol. The quantitative estimate of drug-likeness (QED) is 0.810. The largest absolute Gasteiger partial charge is 0.496 e. The fourth-order valence-electron chi connectivity index (χ4n) is 2.50. The Kier molecular flexibility index (Phi) is 5.88. The van der Waals surface area contributed by atoms with Crippen molar-refractivity contribution in [3.05, 3.63) is 29.8 Å². The lowest BCUT2D eigenvalue weighted by molar-refractivity contribution is 0.0497. The van der Waals surface area contributed by atoms with Gasteiger partial charge >= 0.3 is 6.09 Å². The highest BCUT2D eigenvalue weighted by Gasteiger charge is 2.33. The summed E-state index contributed by atoms with van der Waals surface area (Å²) in [6, 6.07) is 8.06. The number of methoxy groups -OCH3 is 1. The summed E-state index contributed by atoms with van der Waals surface area (Å²) in [5.74, 6) is 1.43. The molecule has 1 saturated carbocycles. The number of carbonyl (C=O) groups excluding carboxylic acids is 1. The molecule has 0 bridgehead atoms. The molecule has 5 nitrogen and oxygen atoms in total. The van der Waals surface area contributed by atoms with Crippen LogP contribution in [-0.4, -0.2) is 31.4 Å². The number of hydrogen-bond donors (Lipinski definition) is 2. The van der Waals surface area contributed by atoms with Gasteiger partial charge in [0.05, 0.1) is 7.11 Å². The van der Waals surface area contributed by atoms with Gasteiger partial charge in [0.25, 0.3) is 0 Å². The van der Waals surface area contributed by atoms with Crippen LogP contribution in [0.4, 0.5) is 4.79 Å². The van der Waals surface area contributed by atoms with Gasteiger partial charge in [-0.2, -0.15) is 0 Å². The SMILES string of the molecule is COc1ccccc1CNCC(NC(=O)OC(C)(C)C)C1CC1. The van der Waals surface area contributed by atoms with E-state index in [-0.39, 0.29) is 12.1 Å². The second-order valence-electron chi connectivity index (χ2n) is 7.03. The highest BCUT2D eigenvalue weighted by molar-refractivity contribution is 5.68. The summed E-state index contributed by atoms with van der Waals surface area (Å²) in [5.41, 5.74) is 0.644. The summed E-state index contributed by atoms with van der Waals surface area (Å²) < 4.78 is 10.7. The molecule has 0 aliphatic heterocycles. The summed E-state index contributed by atoms with van der Waals surface area (Å²) in [6.07, 6.45) is 1.99. The van der Waals surface area contributed by atoms with E-state index >= 15 is 0 Å². The Morgan fingerprint density at radius 2 is 2.00 bits per heavy atom. The van der Waals surface area contributed by atoms with Gasteiger partial charge in [-0.15, -0.1) is 0 Å². The number of para-hydroxylation sites is 1. The van der Waals surface area contributed by atoms with Crippen LogP contribution in [0, 0.1) is 5.92 Å². The first-order valence-electron chi connectivity index (χ1n) is 8.21. The summed E-state index contributed by atoms with van der Waals surface area (Å²) in [4.78, 5) is 12.0. The molecule has 1 fully saturated rings. The minimum Gasteiger partial charge on any atom is -0.496 e. The molecule has 23 heavy (non-hydrogen) atoms. The highest BCUT2D eigenvalue weighted by atomic mass is 16.6. The van der Waals surface area contributed by atoms with Crippen molar-refractivity contribution in [1.82, 2.24) is 10.6 Å². The van der Waals surface area contributed by atoms with E-state index in [1.165, 1.54) is 0 Å². The van der Waals surface area contributed by atoms with Gasteiger partial charge < -0.3 is 20.1 Å². The maximum Gasteiger partial charge on any atom is 0.407 e. The van der Waals surface area contributed by atoms with Crippen molar-refractivity contribution in [2.24, 2.45) is 5.92 Å². The molecule has 1 unspecified atom stereocenters. The van der Waals surface area contributed by atoms with Crippen molar-refractivity contribution >= 4 is 6.09 Å². The van der Waals surface area contributed by atoms with E-state index in [0.717, 1.165) is 30.7 Å². The van der Waals surface area contributed by atoms with Gasteiger partial charge in [0.15, 0.2) is 0 Å². The zero-order valence-corrected chi connectivity index (χ0v) is 14.5. The molecule has 1 atom stereocenters. The molecule has 0 spiro atoms. The van der Waals surface area contributed by atoms with Crippen LogP contribution in [0.2, 0.25) is 0 Å². The van der Waals surface area contributed by atoms with Crippen LogP contribution in [0.3, 0.4) is 0 Å². The van der Waals surface area contributed by atoms with Gasteiger partial charge in [0.1, 0.15) is 11.4 Å². The molecule has 0 radical (unpaired) electrons. The summed E-state index contributed by atoms with van der Waals surface area (Å²) in [7, 11) is 1.68. The van der Waals surface area contributed by atoms with Crippen LogP contribution >= 0.6 is 0 Å². The molecule has 0 heterocycles. The van der Waals surface area contributed by atoms with Crippen LogP contribution < -0.4 is 15.4 Å². The molecule has 1 aromatic carbocycles. The van der Waals surface area contributed by atoms with Crippen molar-refractivity contribution in [2.45, 2.75) is 51.8 Å². The van der Waals surface area contributed by atoms with Crippen LogP contribution in [-0.2, 0) is 11.3 Å². The number of benzene rings is 1. The molecule has 128 valence electrons. The van der Waals surface area contributed by atoms with E-state index in [1.54, 1.807) is 7.11 Å². The maximum atomic E-state index is 12.0. The number of hydrogen-bond acceptors (Lipinski definition) is 4. The van der Waals surface area contributed by atoms with E-state index in [9.17, 15) is 4.79 Å². The van der Waals surface area contributed by atoms with Gasteiger partial charge in [-0.1, -0.05) is 18.2 Å². The lowest BCUT2D eigenvalue weighted by atomic mass is 10.1. The number of carbonyl (C=O) groups is 1. The standard InChI is InChI=1S/C18H28N2O3/c1-18(2,3)23-17(21)20-15(13-9-10-13)12-19-11-14-7-5-6-8-16(14)22-4/h5-8,13,15,19H,9-12H2,1-4H3,(H,20,21). The molecule has 1 aromatic rings. The Hall–Kier alpha value is -1.75. The average molecular weight is 320 g/mol. The van der Waals surface area contributed by atoms with E-state index in [2.05, 4.69) is 10.6 Å². The molecule has 5 heteroatoms. The molecular formula is C18H28N2O3. The Morgan fingerprint density at radius 3 is 2.61 bits per heavy atom. The minimum absolute atomic E-state index is 0.111. The first kappa shape index (κ1) is 17.6. The Balaban J connectivity index is 1.82. The van der Waals surface area contributed by atoms with E-state index < -0.39 is 5.60 Å². The summed E-state index contributed by atoms with van der Waals surface area (Å²) in [5, 5.41) is 6.41. The third-order valence-corrected chi connectivity index (χ3v) is 3.77. The van der Waals surface area contributed by atoms with E-state index in [4.69, 9.17) is 9.47 Å². The lowest BCUT2D eigenvalue weighted by Gasteiger charge is -2.24. The average Bonchev–Trinajstić information content (AvgIpc) is 3.29. The monoisotopic (exact) mass is 320 g/mol. The Labute approximate surface area is 138 Å². The van der Waals surface area contributed by atoms with Gasteiger partial charge in [0, 0.05) is 24.7 Å². The van der Waals surface area contributed by atoms with Gasteiger partial charge in [-0.05, 0) is 45.6 Å². The van der Waals surface area contributed by atoms with Gasteiger partial charge in [-0.3, -0.25) is 0 Å². The fraction of sp³-hybridized carbons (Fsp3) is 0.611. The third-order valence-electron chi connectivity index (χ3n) is 3.77. The predicted octanol–water partition coefficient (Wildman–Crippen LogP) is 3.09. The number of ether oxygens (including phenoxy) is 2. The minimum atomic E-state index is -0.469. The van der Waals surface area contributed by atoms with Gasteiger partial charge in [0.2, 0.25) is 0 Å². The fourth-order valence-corrected chi connectivity index (χ4v) is 2.50. The van der Waals surface area contributed by atoms with Crippen LogP contribution in [0.25, 0.3) is 0 Å². The summed E-state index contributed by atoms with van der Waals surface area (Å²) in [6.45, 7) is 7.06. The number of amides is 1. The van der Waals surface area contributed by atoms with Crippen LogP contribution in [0.5, 0.6) is 5.75 Å². The second kappa shape index (κ2) is 7.68. The first-order chi connectivity index (χ1) is 10.9. The van der Waals surface area contributed by atoms with Crippen molar-refractivity contribution in [1.29, 1.82) is 0 Å². The van der Waals surface area contributed by atoms with Crippen molar-refractivity contribution in [3.8, 4) is 5.75 Å². The molecule has 2 N–H and O–H groups in total. The van der Waals surface area contributed by atoms with Gasteiger partial charge in [-0.25, -0.2) is 4.79 Å². The third kappa shape index (κ3) is 6.10. The van der Waals surface area contributed by atoms with Crippen molar-refractivity contribution in [2.75, 3.05) is 13.7 Å². The predicted molar refractivity (Wildman–Crippen MR) is 90.6 cm³/mol. The van der Waals surface area contributed by atoms with Crippen LogP contribution in [0.1, 0.15) is 39.2 Å². The summed E-state index contributed by atoms with van der Waals surface area (Å²) >= 11 is 0. The molecule has 2 rings (SSSR count).